The maximum atomic E-state index is 3.90. The van der Waals surface area contributed by atoms with Gasteiger partial charge in [-0.1, -0.05) is 0 Å². The van der Waals surface area contributed by atoms with Crippen molar-refractivity contribution in [3.63, 3.8) is 0 Å². The predicted octanol–water partition coefficient (Wildman–Crippen LogP) is 0.900. The van der Waals surface area contributed by atoms with E-state index in [1.807, 2.05) is 6.92 Å². The largest absolute Gasteiger partial charge is 0.348 e. The molecule has 0 atom stereocenters. The zero-order valence-corrected chi connectivity index (χ0v) is 4.23. The third kappa shape index (κ3) is 0.633. The smallest absolute Gasteiger partial charge is 0.0925 e. The van der Waals surface area contributed by atoms with Gasteiger partial charge in [-0.25, -0.2) is 4.98 Å². The first-order valence-electron chi connectivity index (χ1n) is 2.12. The predicted molar refractivity (Wildman–Crippen MR) is 27.8 cm³/mol. The van der Waals surface area contributed by atoms with Gasteiger partial charge < -0.3 is 4.98 Å². The molecule has 0 amide bonds. The Morgan fingerprint density at radius 2 is 2.57 bits per heavy atom. The second kappa shape index (κ2) is 1.37. The number of hydrogen-bond donors (Lipinski definition) is 1. The summed E-state index contributed by atoms with van der Waals surface area (Å²) in [4.78, 5) is 6.74. The number of aryl methyl sites for hydroxylation is 1. The molecule has 1 aromatic rings. The normalized spacial score (nSPS) is 9.43. The van der Waals surface area contributed by atoms with Gasteiger partial charge in [-0.3, -0.25) is 0 Å². The van der Waals surface area contributed by atoms with Gasteiger partial charge >= 0.3 is 0 Å². The summed E-state index contributed by atoms with van der Waals surface area (Å²) in [5.74, 6) is 0. The molecule has 2 nitrogen and oxygen atoms in total. The molecule has 1 radical (unpaired) electrons. The molecule has 0 aliphatic heterocycles. The minimum Gasteiger partial charge on any atom is -0.348 e. The standard InChI is InChI=1S/C5H7N2/c1-4-5(2)7-3-6-4/h3H,1H2,2H3,(H,6,7). The molecule has 1 aromatic heterocycles. The summed E-state index contributed by atoms with van der Waals surface area (Å²) in [6.07, 6.45) is 1.64. The highest BCUT2D eigenvalue weighted by Gasteiger charge is 1.87. The molecule has 7 heavy (non-hydrogen) atoms. The Kier molecular flexibility index (Phi) is 0.855. The number of imidazole rings is 1. The van der Waals surface area contributed by atoms with Crippen LogP contribution in [-0.4, -0.2) is 9.97 Å². The van der Waals surface area contributed by atoms with Gasteiger partial charge in [-0.05, 0) is 13.8 Å². The topological polar surface area (TPSA) is 28.7 Å². The lowest BCUT2D eigenvalue weighted by Crippen LogP contribution is -1.71. The first-order valence-corrected chi connectivity index (χ1v) is 2.12. The molecular formula is C5H7N2. The van der Waals surface area contributed by atoms with Crippen LogP contribution in [-0.2, 0) is 0 Å². The molecule has 0 aromatic carbocycles. The number of rotatable bonds is 0. The van der Waals surface area contributed by atoms with Crippen LogP contribution in [0.2, 0.25) is 0 Å². The van der Waals surface area contributed by atoms with E-state index in [2.05, 4.69) is 16.9 Å². The summed E-state index contributed by atoms with van der Waals surface area (Å²) >= 11 is 0. The van der Waals surface area contributed by atoms with Crippen molar-refractivity contribution in [2.45, 2.75) is 6.92 Å². The Morgan fingerprint density at radius 3 is 2.71 bits per heavy atom. The van der Waals surface area contributed by atoms with Crippen LogP contribution < -0.4 is 0 Å². The number of hydrogen-bond acceptors (Lipinski definition) is 1. The van der Waals surface area contributed by atoms with Crippen LogP contribution in [0, 0.1) is 13.8 Å². The maximum absolute atomic E-state index is 3.90. The fraction of sp³-hybridized carbons (Fsp3) is 0.200. The second-order valence-corrected chi connectivity index (χ2v) is 1.47. The summed E-state index contributed by atoms with van der Waals surface area (Å²) < 4.78 is 0. The maximum Gasteiger partial charge on any atom is 0.0925 e. The van der Waals surface area contributed by atoms with E-state index in [-0.39, 0.29) is 0 Å². The van der Waals surface area contributed by atoms with Gasteiger partial charge in [0.2, 0.25) is 0 Å². The fourth-order valence-corrected chi connectivity index (χ4v) is 0.389. The molecule has 0 aliphatic rings. The monoisotopic (exact) mass is 95.1 g/mol. The number of aromatic nitrogens is 2. The summed E-state index contributed by atoms with van der Waals surface area (Å²) in [5, 5.41) is 0. The van der Waals surface area contributed by atoms with Crippen molar-refractivity contribution in [2.24, 2.45) is 0 Å². The molecule has 2 heteroatoms. The molecule has 0 saturated carbocycles. The average molecular weight is 95.1 g/mol. The van der Waals surface area contributed by atoms with Crippen LogP contribution in [0.4, 0.5) is 0 Å². The molecule has 0 saturated heterocycles. The first-order chi connectivity index (χ1) is 3.30. The van der Waals surface area contributed by atoms with Gasteiger partial charge in [-0.15, -0.1) is 0 Å². The van der Waals surface area contributed by atoms with Gasteiger partial charge in [0.15, 0.2) is 0 Å². The molecule has 1 rings (SSSR count). The van der Waals surface area contributed by atoms with Crippen LogP contribution in [0.1, 0.15) is 11.4 Å². The van der Waals surface area contributed by atoms with E-state index in [0.717, 1.165) is 11.4 Å². The third-order valence-electron chi connectivity index (χ3n) is 0.934. The molecule has 37 valence electrons. The van der Waals surface area contributed by atoms with E-state index in [1.165, 1.54) is 0 Å². The van der Waals surface area contributed by atoms with E-state index in [4.69, 9.17) is 0 Å². The SMILES string of the molecule is [CH2]c1[nH]cnc1C. The van der Waals surface area contributed by atoms with Crippen molar-refractivity contribution in [3.05, 3.63) is 24.6 Å². The Bertz CT molecular complexity index is 138. The summed E-state index contributed by atoms with van der Waals surface area (Å²) in [7, 11) is 0. The third-order valence-corrected chi connectivity index (χ3v) is 0.934. The molecule has 0 bridgehead atoms. The highest BCUT2D eigenvalue weighted by molar-refractivity contribution is 5.10. The Hall–Kier alpha value is -0.790. The van der Waals surface area contributed by atoms with Gasteiger partial charge in [0.1, 0.15) is 0 Å². The zero-order chi connectivity index (χ0) is 5.28. The van der Waals surface area contributed by atoms with Crippen LogP contribution >= 0.6 is 0 Å². The highest BCUT2D eigenvalue weighted by atomic mass is 14.9. The first kappa shape index (κ1) is 4.37. The summed E-state index contributed by atoms with van der Waals surface area (Å²) in [6, 6.07) is 0. The Balaban J connectivity index is 3.12. The Labute approximate surface area is 42.6 Å². The molecule has 0 aliphatic carbocycles. The lowest BCUT2D eigenvalue weighted by molar-refractivity contribution is 1.25. The Morgan fingerprint density at radius 1 is 1.86 bits per heavy atom. The highest BCUT2D eigenvalue weighted by Crippen LogP contribution is 1.94. The van der Waals surface area contributed by atoms with Crippen LogP contribution in [0.5, 0.6) is 0 Å². The second-order valence-electron chi connectivity index (χ2n) is 1.47. The minimum absolute atomic E-state index is 0.903. The van der Waals surface area contributed by atoms with E-state index in [0.29, 0.717) is 0 Å². The van der Waals surface area contributed by atoms with Gasteiger partial charge in [0.05, 0.1) is 12.0 Å². The number of nitrogens with zero attached hydrogens (tertiary/aromatic N) is 1. The van der Waals surface area contributed by atoms with Crippen LogP contribution in [0.3, 0.4) is 0 Å². The van der Waals surface area contributed by atoms with Crippen molar-refractivity contribution in [3.8, 4) is 0 Å². The van der Waals surface area contributed by atoms with Gasteiger partial charge in [0, 0.05) is 5.69 Å². The summed E-state index contributed by atoms with van der Waals surface area (Å²) in [6.45, 7) is 5.58. The summed E-state index contributed by atoms with van der Waals surface area (Å²) in [5.41, 5.74) is 1.88. The zero-order valence-electron chi connectivity index (χ0n) is 4.23. The van der Waals surface area contributed by atoms with Crippen molar-refractivity contribution < 1.29 is 0 Å². The fourth-order valence-electron chi connectivity index (χ4n) is 0.389. The molecule has 0 unspecified atom stereocenters. The lowest BCUT2D eigenvalue weighted by atomic mass is 10.4. The average Bonchev–Trinajstić information content (AvgIpc) is 1.91. The molecular weight excluding hydrogens is 88.1 g/mol. The van der Waals surface area contributed by atoms with Crippen molar-refractivity contribution in [2.75, 3.05) is 0 Å². The molecule has 1 N–H and O–H groups in total. The van der Waals surface area contributed by atoms with Crippen LogP contribution in [0.15, 0.2) is 6.33 Å². The van der Waals surface area contributed by atoms with Crippen molar-refractivity contribution in [1.29, 1.82) is 0 Å². The number of nitrogens with one attached hydrogen (secondary N) is 1. The molecule has 0 fully saturated rings. The minimum atomic E-state index is 0.903. The van der Waals surface area contributed by atoms with Gasteiger partial charge in [-0.2, -0.15) is 0 Å². The van der Waals surface area contributed by atoms with E-state index < -0.39 is 0 Å². The molecule has 0 spiro atoms. The van der Waals surface area contributed by atoms with Crippen molar-refractivity contribution in [1.82, 2.24) is 9.97 Å². The van der Waals surface area contributed by atoms with E-state index in [1.54, 1.807) is 6.33 Å². The number of aromatic amines is 1. The quantitative estimate of drug-likeness (QED) is 0.509. The molecule has 1 heterocycles. The van der Waals surface area contributed by atoms with Crippen LogP contribution in [0.25, 0.3) is 0 Å². The van der Waals surface area contributed by atoms with E-state index in [9.17, 15) is 0 Å². The van der Waals surface area contributed by atoms with Gasteiger partial charge in [0.25, 0.3) is 0 Å². The number of H-pyrrole nitrogens is 1. The van der Waals surface area contributed by atoms with E-state index >= 15 is 0 Å². The van der Waals surface area contributed by atoms with Crippen molar-refractivity contribution >= 4 is 0 Å². The lowest BCUT2D eigenvalue weighted by Gasteiger charge is -1.78.